The molecule has 214 valence electrons. The lowest BCUT2D eigenvalue weighted by Crippen LogP contribution is -2.32. The van der Waals surface area contributed by atoms with Crippen molar-refractivity contribution in [1.82, 2.24) is 19.7 Å². The van der Waals surface area contributed by atoms with E-state index in [4.69, 9.17) is 0 Å². The van der Waals surface area contributed by atoms with Crippen LogP contribution in [-0.2, 0) is 11.3 Å². The van der Waals surface area contributed by atoms with Crippen LogP contribution < -0.4 is 5.32 Å². The zero-order valence-electron chi connectivity index (χ0n) is 23.7. The van der Waals surface area contributed by atoms with Crippen molar-refractivity contribution in [3.63, 3.8) is 0 Å². The van der Waals surface area contributed by atoms with Crippen molar-refractivity contribution in [1.29, 1.82) is 0 Å². The molecule has 4 aromatic rings. The number of aromatic hydroxyl groups is 2. The number of likely N-dealkylation sites (N-methyl/N-ethyl adjacent to an activating group) is 1. The fourth-order valence-corrected chi connectivity index (χ4v) is 5.75. The number of amides is 2. The van der Waals surface area contributed by atoms with Gasteiger partial charge < -0.3 is 29.9 Å². The highest BCUT2D eigenvalue weighted by molar-refractivity contribution is 6.03. The zero-order valence-corrected chi connectivity index (χ0v) is 23.7. The average Bonchev–Trinajstić information content (AvgIpc) is 3.52. The maximum atomic E-state index is 14.1. The van der Waals surface area contributed by atoms with Gasteiger partial charge in [-0.3, -0.25) is 9.59 Å². The Bertz CT molecular complexity index is 1460. The Morgan fingerprint density at radius 1 is 0.927 bits per heavy atom. The average molecular weight is 555 g/mol. The first-order valence-electron chi connectivity index (χ1n) is 14.2. The van der Waals surface area contributed by atoms with Crippen LogP contribution >= 0.6 is 0 Å². The second-order valence-electron chi connectivity index (χ2n) is 10.9. The Balaban J connectivity index is 1.60. The van der Waals surface area contributed by atoms with E-state index in [0.717, 1.165) is 47.1 Å². The smallest absolute Gasteiger partial charge is 0.268 e. The molecule has 0 spiro atoms. The number of likely N-dealkylation sites (tertiary alicyclic amines) is 1. The van der Waals surface area contributed by atoms with E-state index in [9.17, 15) is 19.8 Å². The van der Waals surface area contributed by atoms with Crippen molar-refractivity contribution >= 4 is 22.7 Å². The second-order valence-corrected chi connectivity index (χ2v) is 10.9. The normalized spacial score (nSPS) is 13.6. The number of rotatable bonds is 11. The summed E-state index contributed by atoms with van der Waals surface area (Å²) in [5.41, 5.74) is 4.29. The Kier molecular flexibility index (Phi) is 8.59. The molecule has 41 heavy (non-hydrogen) atoms. The Labute approximate surface area is 240 Å². The lowest BCUT2D eigenvalue weighted by Gasteiger charge is -2.22. The number of aromatic nitrogens is 1. The topological polar surface area (TPSA) is 98.0 Å². The number of nitrogens with one attached hydrogen (secondary N) is 1. The molecule has 8 nitrogen and oxygen atoms in total. The fraction of sp³-hybridized carbons (Fsp3) is 0.333. The molecule has 0 atom stereocenters. The predicted molar refractivity (Wildman–Crippen MR) is 160 cm³/mol. The summed E-state index contributed by atoms with van der Waals surface area (Å²) in [7, 11) is 4.03. The fourth-order valence-electron chi connectivity index (χ4n) is 5.75. The van der Waals surface area contributed by atoms with Crippen molar-refractivity contribution in [3.8, 4) is 11.5 Å². The maximum absolute atomic E-state index is 14.1. The van der Waals surface area contributed by atoms with E-state index >= 15 is 0 Å². The van der Waals surface area contributed by atoms with E-state index < -0.39 is 0 Å². The summed E-state index contributed by atoms with van der Waals surface area (Å²) in [4.78, 5) is 30.1. The number of fused-ring (bicyclic) bond motifs is 1. The molecule has 3 aromatic carbocycles. The molecular weight excluding hydrogens is 516 g/mol. The standard InChI is InChI=1S/C33H38N4O4/c1-35(2)21-22-37-28-8-4-3-7-27(28)31(32(37)33(41)34-18-6-20-36-19-5-9-29(36)40)30(23-10-14-25(38)15-11-23)24-12-16-26(39)17-13-24/h3-4,7-8,10-17,30,38-39H,5-6,9,18-22H2,1-2H3,(H,34,41). The third-order valence-corrected chi connectivity index (χ3v) is 7.80. The van der Waals surface area contributed by atoms with Gasteiger partial charge in [-0.05, 0) is 68.4 Å². The van der Waals surface area contributed by atoms with Gasteiger partial charge in [-0.2, -0.15) is 0 Å². The Morgan fingerprint density at radius 3 is 2.15 bits per heavy atom. The van der Waals surface area contributed by atoms with Crippen LogP contribution in [0.25, 0.3) is 10.9 Å². The summed E-state index contributed by atoms with van der Waals surface area (Å²) in [5.74, 6) is 0.0325. The highest BCUT2D eigenvalue weighted by Crippen LogP contribution is 2.41. The minimum absolute atomic E-state index is 0.162. The van der Waals surface area contributed by atoms with E-state index in [1.54, 1.807) is 24.3 Å². The molecule has 5 rings (SSSR count). The van der Waals surface area contributed by atoms with Crippen LogP contribution in [0, 0.1) is 0 Å². The van der Waals surface area contributed by atoms with E-state index in [1.807, 2.05) is 55.4 Å². The number of para-hydroxylation sites is 1. The molecule has 0 bridgehead atoms. The largest absolute Gasteiger partial charge is 0.508 e. The summed E-state index contributed by atoms with van der Waals surface area (Å²) >= 11 is 0. The molecule has 1 aromatic heterocycles. The van der Waals surface area contributed by atoms with E-state index in [1.165, 1.54) is 0 Å². The van der Waals surface area contributed by atoms with Gasteiger partial charge in [0.05, 0.1) is 0 Å². The quantitative estimate of drug-likeness (QED) is 0.237. The van der Waals surface area contributed by atoms with Crippen molar-refractivity contribution < 1.29 is 19.8 Å². The van der Waals surface area contributed by atoms with Crippen molar-refractivity contribution in [2.45, 2.75) is 31.7 Å². The predicted octanol–water partition coefficient (Wildman–Crippen LogP) is 4.54. The van der Waals surface area contributed by atoms with Crippen molar-refractivity contribution in [2.75, 3.05) is 40.3 Å². The van der Waals surface area contributed by atoms with Gasteiger partial charge in [0.15, 0.2) is 0 Å². The van der Waals surface area contributed by atoms with Gasteiger partial charge in [0.25, 0.3) is 5.91 Å². The lowest BCUT2D eigenvalue weighted by atomic mass is 9.83. The molecule has 0 unspecified atom stereocenters. The molecule has 1 fully saturated rings. The van der Waals surface area contributed by atoms with E-state index in [2.05, 4.69) is 26.9 Å². The van der Waals surface area contributed by atoms with Crippen molar-refractivity contribution in [3.05, 3.63) is 95.2 Å². The summed E-state index contributed by atoms with van der Waals surface area (Å²) in [6, 6.07) is 22.3. The van der Waals surface area contributed by atoms with Crippen LogP contribution in [0.4, 0.5) is 0 Å². The molecule has 1 aliphatic rings. The van der Waals surface area contributed by atoms with Gasteiger partial charge in [-0.25, -0.2) is 0 Å². The van der Waals surface area contributed by atoms with Crippen LogP contribution in [0.15, 0.2) is 72.8 Å². The number of phenolic OH excluding ortho intramolecular Hbond substituents is 2. The molecule has 1 aliphatic heterocycles. The van der Waals surface area contributed by atoms with E-state index in [-0.39, 0.29) is 29.2 Å². The molecule has 8 heteroatoms. The third-order valence-electron chi connectivity index (χ3n) is 7.80. The summed E-state index contributed by atoms with van der Waals surface area (Å²) in [5, 5.41) is 24.2. The van der Waals surface area contributed by atoms with E-state index in [0.29, 0.717) is 38.2 Å². The lowest BCUT2D eigenvalue weighted by molar-refractivity contribution is -0.127. The van der Waals surface area contributed by atoms with Crippen LogP contribution in [0.5, 0.6) is 11.5 Å². The monoisotopic (exact) mass is 554 g/mol. The van der Waals surface area contributed by atoms with Gasteiger partial charge in [0.1, 0.15) is 17.2 Å². The highest BCUT2D eigenvalue weighted by Gasteiger charge is 2.30. The first-order valence-corrected chi connectivity index (χ1v) is 14.2. The van der Waals surface area contributed by atoms with Crippen LogP contribution in [-0.4, -0.2) is 76.7 Å². The van der Waals surface area contributed by atoms with Crippen LogP contribution in [0.2, 0.25) is 0 Å². The molecule has 0 radical (unpaired) electrons. The second kappa shape index (κ2) is 12.5. The van der Waals surface area contributed by atoms with Crippen molar-refractivity contribution in [2.24, 2.45) is 0 Å². The minimum Gasteiger partial charge on any atom is -0.508 e. The SMILES string of the molecule is CN(C)CCn1c(C(=O)NCCCN2CCCC2=O)c(C(c2ccc(O)cc2)c2ccc(O)cc2)c2ccccc21. The Hall–Kier alpha value is -4.30. The molecule has 0 aliphatic carbocycles. The summed E-state index contributed by atoms with van der Waals surface area (Å²) in [6.07, 6.45) is 2.19. The highest BCUT2D eigenvalue weighted by atomic mass is 16.3. The van der Waals surface area contributed by atoms with Gasteiger partial charge in [0, 0.05) is 61.5 Å². The molecule has 1 saturated heterocycles. The van der Waals surface area contributed by atoms with Gasteiger partial charge in [0.2, 0.25) is 5.91 Å². The molecular formula is C33H38N4O4. The number of benzene rings is 3. The third kappa shape index (κ3) is 6.23. The molecule has 2 heterocycles. The van der Waals surface area contributed by atoms with Gasteiger partial charge in [-0.15, -0.1) is 0 Å². The maximum Gasteiger partial charge on any atom is 0.268 e. The first-order chi connectivity index (χ1) is 19.8. The number of carbonyl (C=O) groups excluding carboxylic acids is 2. The zero-order chi connectivity index (χ0) is 28.9. The Morgan fingerprint density at radius 2 is 1.56 bits per heavy atom. The molecule has 2 amide bonds. The summed E-state index contributed by atoms with van der Waals surface area (Å²) < 4.78 is 2.11. The molecule has 3 N–H and O–H groups in total. The first kappa shape index (κ1) is 28.2. The van der Waals surface area contributed by atoms with Gasteiger partial charge in [-0.1, -0.05) is 42.5 Å². The van der Waals surface area contributed by atoms with Crippen LogP contribution in [0.3, 0.4) is 0 Å². The molecule has 0 saturated carbocycles. The number of hydrogen-bond donors (Lipinski definition) is 3. The number of hydrogen-bond acceptors (Lipinski definition) is 5. The van der Waals surface area contributed by atoms with Gasteiger partial charge >= 0.3 is 0 Å². The number of nitrogens with zero attached hydrogens (tertiary/aromatic N) is 3. The van der Waals surface area contributed by atoms with Crippen LogP contribution in [0.1, 0.15) is 52.4 Å². The summed E-state index contributed by atoms with van der Waals surface area (Å²) in [6.45, 7) is 3.26. The number of carbonyl (C=O) groups is 2. The number of phenols is 2. The minimum atomic E-state index is -0.329.